The van der Waals surface area contributed by atoms with Gasteiger partial charge in [0.2, 0.25) is 5.91 Å². The van der Waals surface area contributed by atoms with E-state index in [2.05, 4.69) is 10.3 Å². The van der Waals surface area contributed by atoms with Gasteiger partial charge in [0.05, 0.1) is 6.42 Å². The van der Waals surface area contributed by atoms with Gasteiger partial charge in [-0.2, -0.15) is 0 Å². The first-order valence-electron chi connectivity index (χ1n) is 9.79. The number of benzene rings is 2. The van der Waals surface area contributed by atoms with Crippen molar-refractivity contribution in [2.75, 3.05) is 19.6 Å². The van der Waals surface area contributed by atoms with Gasteiger partial charge in [-0.1, -0.05) is 18.2 Å². The number of hydrogen-bond acceptors (Lipinski definition) is 4. The number of carbonyl (C=O) groups is 2. The molecule has 6 nitrogen and oxygen atoms in total. The standard InChI is InChI=1S/C22H22FN3O3/c23-17-6-2-1-5-15(17)14-20-25-18-9-8-16(13-19(18)29-20)22(28)24-10-12-26-11-4-3-7-21(26)27/h1-2,5-6,8-9,13H,3-4,7,10-12,14H2,(H,24,28). The highest BCUT2D eigenvalue weighted by molar-refractivity contribution is 5.97. The van der Waals surface area contributed by atoms with E-state index >= 15 is 0 Å². The van der Waals surface area contributed by atoms with E-state index in [0.29, 0.717) is 47.6 Å². The highest BCUT2D eigenvalue weighted by Gasteiger charge is 2.18. The van der Waals surface area contributed by atoms with Gasteiger partial charge in [-0.15, -0.1) is 0 Å². The molecule has 1 N–H and O–H groups in total. The van der Waals surface area contributed by atoms with Gasteiger partial charge in [0.15, 0.2) is 11.5 Å². The van der Waals surface area contributed by atoms with Crippen LogP contribution in [0.1, 0.15) is 41.1 Å². The minimum atomic E-state index is -0.304. The Bertz CT molecular complexity index is 1050. The van der Waals surface area contributed by atoms with Gasteiger partial charge in [-0.05, 0) is 42.7 Å². The van der Waals surface area contributed by atoms with E-state index in [1.54, 1.807) is 41.3 Å². The van der Waals surface area contributed by atoms with Crippen molar-refractivity contribution >= 4 is 22.9 Å². The second-order valence-corrected chi connectivity index (χ2v) is 7.15. The number of nitrogens with one attached hydrogen (secondary N) is 1. The van der Waals surface area contributed by atoms with Crippen molar-refractivity contribution in [2.45, 2.75) is 25.7 Å². The van der Waals surface area contributed by atoms with E-state index < -0.39 is 0 Å². The quantitative estimate of drug-likeness (QED) is 0.695. The molecular weight excluding hydrogens is 373 g/mol. The Morgan fingerprint density at radius 1 is 1.21 bits per heavy atom. The Morgan fingerprint density at radius 2 is 2.07 bits per heavy atom. The molecule has 0 unspecified atom stereocenters. The maximum Gasteiger partial charge on any atom is 0.251 e. The van der Waals surface area contributed by atoms with Crippen LogP contribution in [0.2, 0.25) is 0 Å². The molecule has 0 aliphatic carbocycles. The Hall–Kier alpha value is -3.22. The minimum Gasteiger partial charge on any atom is -0.440 e. The van der Waals surface area contributed by atoms with Gasteiger partial charge in [0.1, 0.15) is 11.3 Å². The largest absolute Gasteiger partial charge is 0.440 e. The minimum absolute atomic E-state index is 0.149. The Balaban J connectivity index is 1.39. The van der Waals surface area contributed by atoms with E-state index in [1.165, 1.54) is 6.07 Å². The fourth-order valence-corrected chi connectivity index (χ4v) is 3.50. The molecule has 3 aromatic rings. The normalized spacial score (nSPS) is 14.4. The summed E-state index contributed by atoms with van der Waals surface area (Å²) in [7, 11) is 0. The summed E-state index contributed by atoms with van der Waals surface area (Å²) in [6, 6.07) is 11.5. The average Bonchev–Trinajstić information content (AvgIpc) is 3.12. The van der Waals surface area contributed by atoms with Gasteiger partial charge in [0, 0.05) is 31.6 Å². The van der Waals surface area contributed by atoms with Crippen LogP contribution in [0.25, 0.3) is 11.1 Å². The summed E-state index contributed by atoms with van der Waals surface area (Å²) in [6.07, 6.45) is 2.78. The summed E-state index contributed by atoms with van der Waals surface area (Å²) in [5.41, 5.74) is 2.06. The summed E-state index contributed by atoms with van der Waals surface area (Å²) >= 11 is 0. The molecule has 1 aliphatic heterocycles. The van der Waals surface area contributed by atoms with E-state index in [1.807, 2.05) is 0 Å². The highest BCUT2D eigenvalue weighted by Crippen LogP contribution is 2.20. The molecule has 0 bridgehead atoms. The summed E-state index contributed by atoms with van der Waals surface area (Å²) in [6.45, 7) is 1.67. The van der Waals surface area contributed by atoms with Crippen molar-refractivity contribution in [1.82, 2.24) is 15.2 Å². The molecule has 0 radical (unpaired) electrons. The molecule has 1 saturated heterocycles. The van der Waals surface area contributed by atoms with Crippen molar-refractivity contribution in [3.8, 4) is 0 Å². The van der Waals surface area contributed by atoms with Gasteiger partial charge in [-0.25, -0.2) is 9.37 Å². The first kappa shape index (κ1) is 19.1. The van der Waals surface area contributed by atoms with Crippen LogP contribution in [-0.4, -0.2) is 41.3 Å². The van der Waals surface area contributed by atoms with Crippen molar-refractivity contribution < 1.29 is 18.4 Å². The van der Waals surface area contributed by atoms with Crippen LogP contribution in [0.15, 0.2) is 46.9 Å². The first-order chi connectivity index (χ1) is 14.1. The zero-order valence-electron chi connectivity index (χ0n) is 16.0. The SMILES string of the molecule is O=C(NCCN1CCCCC1=O)c1ccc2nc(Cc3ccccc3F)oc2c1. The smallest absolute Gasteiger partial charge is 0.251 e. The summed E-state index contributed by atoms with van der Waals surface area (Å²) in [5, 5.41) is 2.84. The monoisotopic (exact) mass is 395 g/mol. The number of oxazole rings is 1. The Morgan fingerprint density at radius 3 is 2.90 bits per heavy atom. The third-order valence-corrected chi connectivity index (χ3v) is 5.08. The molecule has 1 aromatic heterocycles. The average molecular weight is 395 g/mol. The van der Waals surface area contributed by atoms with Crippen LogP contribution in [0.5, 0.6) is 0 Å². The maximum absolute atomic E-state index is 13.8. The van der Waals surface area contributed by atoms with Crippen LogP contribution in [0.4, 0.5) is 4.39 Å². The molecule has 1 aliphatic rings. The van der Waals surface area contributed by atoms with Crippen LogP contribution < -0.4 is 5.32 Å². The van der Waals surface area contributed by atoms with Crippen LogP contribution >= 0.6 is 0 Å². The molecule has 2 heterocycles. The predicted molar refractivity (Wildman–Crippen MR) is 106 cm³/mol. The lowest BCUT2D eigenvalue weighted by molar-refractivity contribution is -0.133. The number of likely N-dealkylation sites (tertiary alicyclic amines) is 1. The van der Waals surface area contributed by atoms with Gasteiger partial charge in [0.25, 0.3) is 5.91 Å². The summed E-state index contributed by atoms with van der Waals surface area (Å²) in [5.74, 6) is 0.00709. The summed E-state index contributed by atoms with van der Waals surface area (Å²) < 4.78 is 19.6. The topological polar surface area (TPSA) is 75.4 Å². The van der Waals surface area contributed by atoms with E-state index in [0.717, 1.165) is 19.4 Å². The van der Waals surface area contributed by atoms with E-state index in [4.69, 9.17) is 4.42 Å². The molecule has 2 amide bonds. The van der Waals surface area contributed by atoms with Gasteiger partial charge in [-0.3, -0.25) is 9.59 Å². The fourth-order valence-electron chi connectivity index (χ4n) is 3.50. The molecule has 2 aromatic carbocycles. The van der Waals surface area contributed by atoms with E-state index in [-0.39, 0.29) is 24.1 Å². The number of fused-ring (bicyclic) bond motifs is 1. The molecular formula is C22H22FN3O3. The molecule has 7 heteroatoms. The predicted octanol–water partition coefficient (Wildman–Crippen LogP) is 3.30. The molecule has 4 rings (SSSR count). The zero-order valence-corrected chi connectivity index (χ0v) is 16.0. The number of amides is 2. The third-order valence-electron chi connectivity index (χ3n) is 5.08. The second-order valence-electron chi connectivity index (χ2n) is 7.15. The molecule has 0 atom stereocenters. The second kappa shape index (κ2) is 8.43. The third kappa shape index (κ3) is 4.45. The van der Waals surface area contributed by atoms with Crippen molar-refractivity contribution in [3.05, 3.63) is 65.3 Å². The van der Waals surface area contributed by atoms with Crippen molar-refractivity contribution in [2.24, 2.45) is 0 Å². The fraction of sp³-hybridized carbons (Fsp3) is 0.318. The Kier molecular flexibility index (Phi) is 5.55. The molecule has 0 saturated carbocycles. The van der Waals surface area contributed by atoms with Crippen LogP contribution in [-0.2, 0) is 11.2 Å². The molecule has 29 heavy (non-hydrogen) atoms. The number of carbonyl (C=O) groups excluding carboxylic acids is 2. The maximum atomic E-state index is 13.8. The van der Waals surface area contributed by atoms with Crippen LogP contribution in [0.3, 0.4) is 0 Å². The number of aromatic nitrogens is 1. The molecule has 150 valence electrons. The first-order valence-corrected chi connectivity index (χ1v) is 9.79. The molecule has 0 spiro atoms. The number of hydrogen-bond donors (Lipinski definition) is 1. The van der Waals surface area contributed by atoms with Crippen molar-refractivity contribution in [3.63, 3.8) is 0 Å². The lowest BCUT2D eigenvalue weighted by Gasteiger charge is -2.26. The van der Waals surface area contributed by atoms with Crippen LogP contribution in [0, 0.1) is 5.82 Å². The number of piperidine rings is 1. The number of nitrogens with zero attached hydrogens (tertiary/aromatic N) is 2. The highest BCUT2D eigenvalue weighted by atomic mass is 19.1. The van der Waals surface area contributed by atoms with Crippen molar-refractivity contribution in [1.29, 1.82) is 0 Å². The zero-order chi connectivity index (χ0) is 20.2. The number of halogens is 1. The van der Waals surface area contributed by atoms with Gasteiger partial charge >= 0.3 is 0 Å². The molecule has 1 fully saturated rings. The number of rotatable bonds is 6. The lowest BCUT2D eigenvalue weighted by Crippen LogP contribution is -2.41. The lowest BCUT2D eigenvalue weighted by atomic mass is 10.1. The summed E-state index contributed by atoms with van der Waals surface area (Å²) in [4.78, 5) is 30.4. The van der Waals surface area contributed by atoms with Gasteiger partial charge < -0.3 is 14.6 Å². The van der Waals surface area contributed by atoms with E-state index in [9.17, 15) is 14.0 Å². The Labute approximate surface area is 167 Å².